The first-order valence-corrected chi connectivity index (χ1v) is 11.7. The van der Waals surface area contributed by atoms with E-state index in [4.69, 9.17) is 4.74 Å². The SMILES string of the molecule is CC1=CC[C@H]2C(=O)N(c3cccc(C(=O)Nc4ccc(Oc5ccccc5C)cc4)c3)C(=O)[C@@H]2C1. The first kappa shape index (κ1) is 22.6. The molecule has 1 fully saturated rings. The number of nitrogens with zero attached hydrogens (tertiary/aromatic N) is 1. The normalized spacial score (nSPS) is 19.3. The summed E-state index contributed by atoms with van der Waals surface area (Å²) in [6, 6.07) is 21.5. The number of carbonyl (C=O) groups is 3. The van der Waals surface area contributed by atoms with E-state index < -0.39 is 0 Å². The summed E-state index contributed by atoms with van der Waals surface area (Å²) in [4.78, 5) is 40.2. The van der Waals surface area contributed by atoms with Crippen LogP contribution in [-0.2, 0) is 9.59 Å². The standard InChI is InChI=1S/C29H26N2O4/c1-18-10-15-24-25(16-18)29(34)31(28(24)33)22-8-5-7-20(17-22)27(32)30-21-11-13-23(14-12-21)35-26-9-4-3-6-19(26)2/h3-14,17,24-25H,15-16H2,1-2H3,(H,30,32)/t24-,25-/m1/s1. The molecule has 0 radical (unpaired) electrons. The van der Waals surface area contributed by atoms with Crippen molar-refractivity contribution in [3.05, 3.63) is 95.6 Å². The number of imide groups is 1. The van der Waals surface area contributed by atoms with Gasteiger partial charge in [0.2, 0.25) is 11.8 Å². The van der Waals surface area contributed by atoms with E-state index in [9.17, 15) is 14.4 Å². The maximum absolute atomic E-state index is 13.0. The Morgan fingerprint density at radius 3 is 2.43 bits per heavy atom. The minimum Gasteiger partial charge on any atom is -0.457 e. The summed E-state index contributed by atoms with van der Waals surface area (Å²) < 4.78 is 5.91. The average Bonchev–Trinajstić information content (AvgIpc) is 3.11. The van der Waals surface area contributed by atoms with Gasteiger partial charge in [-0.25, -0.2) is 0 Å². The fourth-order valence-electron chi connectivity index (χ4n) is 4.69. The van der Waals surface area contributed by atoms with E-state index in [0.717, 1.165) is 16.9 Å². The van der Waals surface area contributed by atoms with Crippen molar-refractivity contribution in [2.24, 2.45) is 11.8 Å². The highest BCUT2D eigenvalue weighted by atomic mass is 16.5. The zero-order valence-electron chi connectivity index (χ0n) is 19.7. The van der Waals surface area contributed by atoms with Gasteiger partial charge in [-0.05, 0) is 80.8 Å². The van der Waals surface area contributed by atoms with Crippen molar-refractivity contribution in [1.29, 1.82) is 0 Å². The van der Waals surface area contributed by atoms with Crippen LogP contribution < -0.4 is 15.0 Å². The molecule has 1 saturated heterocycles. The number of ether oxygens (including phenoxy) is 1. The molecule has 176 valence electrons. The Morgan fingerprint density at radius 2 is 1.66 bits per heavy atom. The number of fused-ring (bicyclic) bond motifs is 1. The predicted octanol–water partition coefficient (Wildman–Crippen LogP) is 5.89. The highest BCUT2D eigenvalue weighted by molar-refractivity contribution is 6.22. The zero-order valence-corrected chi connectivity index (χ0v) is 19.7. The molecule has 6 heteroatoms. The number of nitrogens with one attached hydrogen (secondary N) is 1. The number of hydrogen-bond acceptors (Lipinski definition) is 4. The summed E-state index contributed by atoms with van der Waals surface area (Å²) in [5, 5.41) is 2.87. The average molecular weight is 467 g/mol. The predicted molar refractivity (Wildman–Crippen MR) is 135 cm³/mol. The Morgan fingerprint density at radius 1 is 0.914 bits per heavy atom. The molecule has 1 N–H and O–H groups in total. The molecule has 3 amide bonds. The molecule has 0 aromatic heterocycles. The van der Waals surface area contributed by atoms with Crippen LogP contribution in [0.25, 0.3) is 0 Å². The van der Waals surface area contributed by atoms with E-state index in [1.807, 2.05) is 44.2 Å². The molecule has 0 spiro atoms. The van der Waals surface area contributed by atoms with Crippen LogP contribution in [0.4, 0.5) is 11.4 Å². The molecule has 2 atom stereocenters. The first-order chi connectivity index (χ1) is 16.9. The molecule has 3 aromatic carbocycles. The summed E-state index contributed by atoms with van der Waals surface area (Å²) >= 11 is 0. The molecule has 3 aromatic rings. The van der Waals surface area contributed by atoms with Crippen LogP contribution in [0.5, 0.6) is 11.5 Å². The Hall–Kier alpha value is -4.19. The molecular formula is C29H26N2O4. The molecular weight excluding hydrogens is 440 g/mol. The summed E-state index contributed by atoms with van der Waals surface area (Å²) in [5.74, 6) is 0.108. The second-order valence-electron chi connectivity index (χ2n) is 9.11. The second kappa shape index (κ2) is 9.22. The van der Waals surface area contributed by atoms with E-state index in [0.29, 0.717) is 35.5 Å². The third-order valence-electron chi connectivity index (χ3n) is 6.62. The van der Waals surface area contributed by atoms with E-state index >= 15 is 0 Å². The Bertz CT molecular complexity index is 1340. The van der Waals surface area contributed by atoms with Gasteiger partial charge in [-0.1, -0.05) is 35.9 Å². The lowest BCUT2D eigenvalue weighted by molar-refractivity contribution is -0.122. The lowest BCUT2D eigenvalue weighted by atomic mass is 9.82. The molecule has 6 nitrogen and oxygen atoms in total. The summed E-state index contributed by atoms with van der Waals surface area (Å²) in [5.41, 5.74) is 3.58. The maximum Gasteiger partial charge on any atom is 0.255 e. The zero-order chi connectivity index (χ0) is 24.5. The fourth-order valence-corrected chi connectivity index (χ4v) is 4.69. The van der Waals surface area contributed by atoms with E-state index in [1.165, 1.54) is 4.90 Å². The van der Waals surface area contributed by atoms with Crippen molar-refractivity contribution in [2.75, 3.05) is 10.2 Å². The van der Waals surface area contributed by atoms with Crippen LogP contribution in [0.2, 0.25) is 0 Å². The van der Waals surface area contributed by atoms with Gasteiger partial charge in [0.1, 0.15) is 11.5 Å². The maximum atomic E-state index is 13.0. The summed E-state index contributed by atoms with van der Waals surface area (Å²) in [7, 11) is 0. The molecule has 0 bridgehead atoms. The van der Waals surface area contributed by atoms with Crippen molar-refractivity contribution in [1.82, 2.24) is 0 Å². The number of rotatable bonds is 5. The number of aryl methyl sites for hydroxylation is 1. The monoisotopic (exact) mass is 466 g/mol. The molecule has 35 heavy (non-hydrogen) atoms. The van der Waals surface area contributed by atoms with Gasteiger partial charge in [0.05, 0.1) is 17.5 Å². The van der Waals surface area contributed by atoms with Gasteiger partial charge in [0.25, 0.3) is 5.91 Å². The smallest absolute Gasteiger partial charge is 0.255 e. The Balaban J connectivity index is 1.29. The number of hydrogen-bond donors (Lipinski definition) is 1. The topological polar surface area (TPSA) is 75.7 Å². The number of anilines is 2. The Labute approximate surface area is 204 Å². The molecule has 5 rings (SSSR count). The van der Waals surface area contributed by atoms with Crippen molar-refractivity contribution < 1.29 is 19.1 Å². The molecule has 1 aliphatic heterocycles. The van der Waals surface area contributed by atoms with Gasteiger partial charge >= 0.3 is 0 Å². The third-order valence-corrected chi connectivity index (χ3v) is 6.62. The second-order valence-corrected chi connectivity index (χ2v) is 9.11. The van der Waals surface area contributed by atoms with Gasteiger partial charge in [0.15, 0.2) is 0 Å². The minimum absolute atomic E-state index is 0.186. The van der Waals surface area contributed by atoms with E-state index in [2.05, 4.69) is 5.32 Å². The highest BCUT2D eigenvalue weighted by Crippen LogP contribution is 2.40. The number of amides is 3. The lowest BCUT2D eigenvalue weighted by Gasteiger charge is -2.18. The van der Waals surface area contributed by atoms with Gasteiger partial charge < -0.3 is 10.1 Å². The lowest BCUT2D eigenvalue weighted by Crippen LogP contribution is -2.31. The molecule has 1 heterocycles. The van der Waals surface area contributed by atoms with Gasteiger partial charge in [-0.15, -0.1) is 0 Å². The largest absolute Gasteiger partial charge is 0.457 e. The van der Waals surface area contributed by atoms with Crippen LogP contribution >= 0.6 is 0 Å². The van der Waals surface area contributed by atoms with Crippen LogP contribution in [0.15, 0.2) is 84.4 Å². The van der Waals surface area contributed by atoms with E-state index in [-0.39, 0.29) is 29.6 Å². The third kappa shape index (κ3) is 4.47. The molecule has 0 unspecified atom stereocenters. The van der Waals surface area contributed by atoms with Gasteiger partial charge in [0, 0.05) is 11.3 Å². The van der Waals surface area contributed by atoms with Crippen molar-refractivity contribution in [2.45, 2.75) is 26.7 Å². The highest BCUT2D eigenvalue weighted by Gasteiger charge is 2.48. The van der Waals surface area contributed by atoms with Crippen molar-refractivity contribution >= 4 is 29.1 Å². The van der Waals surface area contributed by atoms with Crippen molar-refractivity contribution in [3.8, 4) is 11.5 Å². The van der Waals surface area contributed by atoms with E-state index in [1.54, 1.807) is 48.5 Å². The van der Waals surface area contributed by atoms with Crippen LogP contribution in [0, 0.1) is 18.8 Å². The number of para-hydroxylation sites is 1. The summed E-state index contributed by atoms with van der Waals surface area (Å²) in [6.07, 6.45) is 3.23. The van der Waals surface area contributed by atoms with Crippen LogP contribution in [-0.4, -0.2) is 17.7 Å². The molecule has 2 aliphatic rings. The van der Waals surface area contributed by atoms with Crippen molar-refractivity contribution in [3.63, 3.8) is 0 Å². The minimum atomic E-state index is -0.326. The number of allylic oxidation sites excluding steroid dienone is 2. The fraction of sp³-hybridized carbons (Fsp3) is 0.207. The number of benzene rings is 3. The van der Waals surface area contributed by atoms with Gasteiger partial charge in [-0.2, -0.15) is 0 Å². The Kier molecular flexibility index (Phi) is 5.95. The molecule has 1 aliphatic carbocycles. The summed E-state index contributed by atoms with van der Waals surface area (Å²) in [6.45, 7) is 3.97. The molecule has 0 saturated carbocycles. The van der Waals surface area contributed by atoms with Gasteiger partial charge in [-0.3, -0.25) is 19.3 Å². The first-order valence-electron chi connectivity index (χ1n) is 11.7. The van der Waals surface area contributed by atoms with Crippen LogP contribution in [0.1, 0.15) is 35.7 Å². The number of carbonyl (C=O) groups excluding carboxylic acids is 3. The van der Waals surface area contributed by atoms with Crippen LogP contribution in [0.3, 0.4) is 0 Å². The quantitative estimate of drug-likeness (QED) is 0.376.